The van der Waals surface area contributed by atoms with Gasteiger partial charge in [-0.3, -0.25) is 0 Å². The zero-order valence-corrected chi connectivity index (χ0v) is 14.1. The van der Waals surface area contributed by atoms with Crippen molar-refractivity contribution in [3.8, 4) is 0 Å². The van der Waals surface area contributed by atoms with Gasteiger partial charge in [-0.25, -0.2) is 16.8 Å². The second-order valence-corrected chi connectivity index (χ2v) is 8.89. The fourth-order valence-corrected chi connectivity index (χ4v) is 6.05. The molecule has 1 aliphatic rings. The smallest absolute Gasteiger partial charge is 0.360 e. The number of halogens is 1. The van der Waals surface area contributed by atoms with E-state index in [1.54, 1.807) is 0 Å². The lowest BCUT2D eigenvalue weighted by molar-refractivity contribution is -0.00739. The van der Waals surface area contributed by atoms with E-state index in [2.05, 4.69) is 4.79 Å². The Kier molecular flexibility index (Phi) is 5.07. The van der Waals surface area contributed by atoms with E-state index in [1.165, 1.54) is 24.3 Å². The highest BCUT2D eigenvalue weighted by atomic mass is 35.5. The predicted molar refractivity (Wildman–Crippen MR) is 83.4 cm³/mol. The Labute approximate surface area is 135 Å². The van der Waals surface area contributed by atoms with Crippen LogP contribution in [0.1, 0.15) is 32.1 Å². The quantitative estimate of drug-likeness (QED) is 0.292. The summed E-state index contributed by atoms with van der Waals surface area (Å²) in [6.45, 7) is 0. The van der Waals surface area contributed by atoms with Crippen molar-refractivity contribution >= 4 is 37.2 Å². The van der Waals surface area contributed by atoms with Crippen LogP contribution in [0, 0.1) is 0 Å². The largest absolute Gasteiger partial charge is 0.406 e. The number of sulfone groups is 1. The molecule has 0 aromatic heterocycles. The van der Waals surface area contributed by atoms with Crippen molar-refractivity contribution in [2.45, 2.75) is 41.7 Å². The summed E-state index contributed by atoms with van der Waals surface area (Å²) in [5.41, 5.74) is 9.27. The molecule has 120 valence electrons. The van der Waals surface area contributed by atoms with Crippen LogP contribution in [0.25, 0.3) is 5.53 Å². The Hall–Kier alpha value is -1.21. The molecule has 9 heteroatoms. The fraction of sp³-hybridized carbons (Fsp3) is 0.462. The van der Waals surface area contributed by atoms with Crippen LogP contribution in [0.5, 0.6) is 0 Å². The van der Waals surface area contributed by atoms with Crippen LogP contribution in [-0.4, -0.2) is 31.4 Å². The van der Waals surface area contributed by atoms with Gasteiger partial charge in [0.25, 0.3) is 9.84 Å². The van der Waals surface area contributed by atoms with E-state index in [4.69, 9.17) is 11.6 Å². The van der Waals surface area contributed by atoms with Crippen molar-refractivity contribution in [1.82, 2.24) is 0 Å². The standard InChI is InChI=1S/C13H15ClN2O4S2/c14-10-5-4-6-11(9-10)22(19,20)12(16-15)13(21(17)18)7-2-1-3-8-13/h4-6,9,21H,1-3,7-8H2. The fourth-order valence-electron chi connectivity index (χ4n) is 2.75. The van der Waals surface area contributed by atoms with Crippen molar-refractivity contribution in [1.29, 1.82) is 0 Å². The van der Waals surface area contributed by atoms with Crippen LogP contribution in [-0.2, 0) is 20.5 Å². The summed E-state index contributed by atoms with van der Waals surface area (Å²) in [7, 11) is -7.36. The Morgan fingerprint density at radius 3 is 2.36 bits per heavy atom. The van der Waals surface area contributed by atoms with Gasteiger partial charge in [-0.05, 0) is 31.0 Å². The van der Waals surface area contributed by atoms with E-state index < -0.39 is 30.3 Å². The number of benzene rings is 1. The molecule has 0 spiro atoms. The number of thiol groups is 1. The van der Waals surface area contributed by atoms with E-state index in [0.717, 1.165) is 6.42 Å². The van der Waals surface area contributed by atoms with Crippen molar-refractivity contribution < 1.29 is 21.6 Å². The molecule has 1 saturated carbocycles. The Balaban J connectivity index is 2.63. The molecular formula is C13H15ClN2O4S2. The minimum atomic E-state index is -4.24. The first-order valence-corrected chi connectivity index (χ1v) is 9.76. The minimum Gasteiger partial charge on any atom is -0.360 e. The summed E-state index contributed by atoms with van der Waals surface area (Å²) < 4.78 is 47.3. The van der Waals surface area contributed by atoms with Crippen molar-refractivity contribution in [2.75, 3.05) is 0 Å². The second kappa shape index (κ2) is 6.50. The average Bonchev–Trinajstić information content (AvgIpc) is 2.48. The summed E-state index contributed by atoms with van der Waals surface area (Å²) >= 11 is 5.80. The van der Waals surface area contributed by atoms with Crippen molar-refractivity contribution in [2.24, 2.45) is 0 Å². The lowest BCUT2D eigenvalue weighted by atomic mass is 9.89. The number of rotatable bonds is 3. The highest BCUT2D eigenvalue weighted by Crippen LogP contribution is 2.35. The summed E-state index contributed by atoms with van der Waals surface area (Å²) in [5.74, 6) is 0. The first-order valence-electron chi connectivity index (χ1n) is 6.72. The van der Waals surface area contributed by atoms with Crippen LogP contribution in [0.2, 0.25) is 5.02 Å². The van der Waals surface area contributed by atoms with E-state index in [0.29, 0.717) is 12.8 Å². The van der Waals surface area contributed by atoms with E-state index in [9.17, 15) is 22.4 Å². The molecule has 6 nitrogen and oxygen atoms in total. The third-order valence-electron chi connectivity index (χ3n) is 3.88. The van der Waals surface area contributed by atoms with Gasteiger partial charge in [-0.1, -0.05) is 36.9 Å². The molecule has 0 bridgehead atoms. The topological polar surface area (TPSA) is 105 Å². The van der Waals surface area contributed by atoms with E-state index in [-0.39, 0.29) is 22.8 Å². The third-order valence-corrected chi connectivity index (χ3v) is 7.48. The van der Waals surface area contributed by atoms with E-state index in [1.807, 2.05) is 0 Å². The lowest BCUT2D eigenvalue weighted by Crippen LogP contribution is -2.46. The molecule has 0 heterocycles. The number of hydrogen-bond acceptors (Lipinski definition) is 4. The molecule has 0 amide bonds. The number of hydrogen-bond donors (Lipinski definition) is 1. The molecule has 1 aliphatic carbocycles. The lowest BCUT2D eigenvalue weighted by Gasteiger charge is -2.27. The monoisotopic (exact) mass is 362 g/mol. The van der Waals surface area contributed by atoms with Gasteiger partial charge in [0.1, 0.15) is 0 Å². The van der Waals surface area contributed by atoms with Gasteiger partial charge in [-0.2, -0.15) is 4.79 Å². The van der Waals surface area contributed by atoms with Gasteiger partial charge >= 0.3 is 5.04 Å². The van der Waals surface area contributed by atoms with Gasteiger partial charge < -0.3 is 5.53 Å². The Bertz CT molecular complexity index is 797. The number of nitrogens with zero attached hydrogens (tertiary/aromatic N) is 2. The van der Waals surface area contributed by atoms with Gasteiger partial charge in [0, 0.05) is 5.02 Å². The molecular weight excluding hydrogens is 348 g/mol. The molecule has 0 N–H and O–H groups in total. The maximum Gasteiger partial charge on any atom is 0.406 e. The van der Waals surface area contributed by atoms with Crippen LogP contribution in [0.15, 0.2) is 29.2 Å². The normalized spacial score (nSPS) is 17.9. The molecule has 1 fully saturated rings. The van der Waals surface area contributed by atoms with Gasteiger partial charge in [0.2, 0.25) is 0 Å². The highest BCUT2D eigenvalue weighted by molar-refractivity contribution is 8.07. The second-order valence-electron chi connectivity index (χ2n) is 5.22. The summed E-state index contributed by atoms with van der Waals surface area (Å²) in [4.78, 5) is 2.70. The molecule has 1 aromatic rings. The molecule has 0 unspecified atom stereocenters. The Morgan fingerprint density at radius 2 is 1.86 bits per heavy atom. The molecule has 22 heavy (non-hydrogen) atoms. The zero-order valence-electron chi connectivity index (χ0n) is 11.6. The maximum absolute atomic E-state index is 12.7. The van der Waals surface area contributed by atoms with Crippen LogP contribution in [0.3, 0.4) is 0 Å². The average molecular weight is 363 g/mol. The molecule has 0 atom stereocenters. The van der Waals surface area contributed by atoms with Crippen molar-refractivity contribution in [3.05, 3.63) is 34.8 Å². The Morgan fingerprint density at radius 1 is 1.23 bits per heavy atom. The van der Waals surface area contributed by atoms with Crippen LogP contribution < -0.4 is 0 Å². The molecule has 1 aromatic carbocycles. The minimum absolute atomic E-state index is 0.130. The summed E-state index contributed by atoms with van der Waals surface area (Å²) in [5, 5.41) is -0.513. The first-order chi connectivity index (χ1) is 10.3. The predicted octanol–water partition coefficient (Wildman–Crippen LogP) is 2.06. The van der Waals surface area contributed by atoms with Crippen LogP contribution in [0.4, 0.5) is 0 Å². The third kappa shape index (κ3) is 2.96. The maximum atomic E-state index is 12.7. The molecule has 2 rings (SSSR count). The zero-order chi connectivity index (χ0) is 16.4. The first kappa shape index (κ1) is 17.1. The van der Waals surface area contributed by atoms with E-state index >= 15 is 0 Å². The van der Waals surface area contributed by atoms with Gasteiger partial charge in [0.15, 0.2) is 15.5 Å². The highest BCUT2D eigenvalue weighted by Gasteiger charge is 2.54. The SMILES string of the molecule is [N-]=[N+]=C(C1([SH](=O)=O)CCCCC1)S(=O)(=O)c1cccc(Cl)c1. The van der Waals surface area contributed by atoms with Gasteiger partial charge in [-0.15, -0.1) is 0 Å². The molecule has 0 radical (unpaired) electrons. The molecule has 0 aliphatic heterocycles. The molecule has 0 saturated heterocycles. The van der Waals surface area contributed by atoms with Gasteiger partial charge in [0.05, 0.1) is 4.90 Å². The van der Waals surface area contributed by atoms with Crippen LogP contribution >= 0.6 is 11.6 Å². The summed E-state index contributed by atoms with van der Waals surface area (Å²) in [6.07, 6.45) is 2.21. The van der Waals surface area contributed by atoms with Crippen molar-refractivity contribution in [3.63, 3.8) is 0 Å². The summed E-state index contributed by atoms with van der Waals surface area (Å²) in [6, 6.07) is 5.44.